The van der Waals surface area contributed by atoms with Crippen LogP contribution in [-0.4, -0.2) is 18.6 Å². The molecule has 0 aromatic carbocycles. The molecular formula is C6H14N2. The van der Waals surface area contributed by atoms with E-state index < -0.39 is 0 Å². The van der Waals surface area contributed by atoms with Gasteiger partial charge in [-0.15, -0.1) is 0 Å². The SMILES string of the molecule is C[C@@H](N)CNC1CC1. The van der Waals surface area contributed by atoms with Gasteiger partial charge in [-0.1, -0.05) is 0 Å². The standard InChI is InChI=1S/C6H14N2/c1-5(7)4-8-6-2-3-6/h5-6,8H,2-4,7H2,1H3/t5-/m1/s1. The Labute approximate surface area is 50.4 Å². The van der Waals surface area contributed by atoms with Gasteiger partial charge in [-0.25, -0.2) is 0 Å². The van der Waals surface area contributed by atoms with E-state index in [1.54, 1.807) is 0 Å². The largest absolute Gasteiger partial charge is 0.327 e. The molecule has 3 N–H and O–H groups in total. The van der Waals surface area contributed by atoms with Crippen molar-refractivity contribution in [3.05, 3.63) is 0 Å². The van der Waals surface area contributed by atoms with Gasteiger partial charge in [0, 0.05) is 18.6 Å². The smallest absolute Gasteiger partial charge is 0.0136 e. The van der Waals surface area contributed by atoms with E-state index in [0.29, 0.717) is 6.04 Å². The van der Waals surface area contributed by atoms with E-state index in [2.05, 4.69) is 5.32 Å². The molecule has 1 saturated carbocycles. The van der Waals surface area contributed by atoms with Crippen LogP contribution in [0.1, 0.15) is 19.8 Å². The van der Waals surface area contributed by atoms with Crippen LogP contribution in [0.5, 0.6) is 0 Å². The fourth-order valence-electron chi connectivity index (χ4n) is 0.640. The van der Waals surface area contributed by atoms with Crippen LogP contribution in [0.25, 0.3) is 0 Å². The summed E-state index contributed by atoms with van der Waals surface area (Å²) in [7, 11) is 0. The summed E-state index contributed by atoms with van der Waals surface area (Å²) in [6, 6.07) is 1.12. The van der Waals surface area contributed by atoms with Crippen molar-refractivity contribution in [3.63, 3.8) is 0 Å². The third-order valence-corrected chi connectivity index (χ3v) is 1.31. The van der Waals surface area contributed by atoms with Crippen molar-refractivity contribution in [1.29, 1.82) is 0 Å². The third-order valence-electron chi connectivity index (χ3n) is 1.31. The molecule has 0 saturated heterocycles. The Bertz CT molecular complexity index is 64.9. The Morgan fingerprint density at radius 1 is 1.75 bits per heavy atom. The summed E-state index contributed by atoms with van der Waals surface area (Å²) >= 11 is 0. The van der Waals surface area contributed by atoms with Gasteiger partial charge >= 0.3 is 0 Å². The summed E-state index contributed by atoms with van der Waals surface area (Å²) in [5, 5.41) is 3.33. The molecule has 0 amide bonds. The van der Waals surface area contributed by atoms with Gasteiger partial charge in [-0.05, 0) is 19.8 Å². The first-order valence-electron chi connectivity index (χ1n) is 3.28. The second-order valence-corrected chi connectivity index (χ2v) is 2.66. The molecule has 1 atom stereocenters. The van der Waals surface area contributed by atoms with Crippen molar-refractivity contribution in [3.8, 4) is 0 Å². The zero-order valence-electron chi connectivity index (χ0n) is 5.35. The molecule has 2 heteroatoms. The number of nitrogens with one attached hydrogen (secondary N) is 1. The molecule has 0 aromatic rings. The summed E-state index contributed by atoms with van der Waals surface area (Å²) in [6.45, 7) is 3.00. The number of hydrogen-bond acceptors (Lipinski definition) is 2. The van der Waals surface area contributed by atoms with Gasteiger partial charge in [0.25, 0.3) is 0 Å². The van der Waals surface area contributed by atoms with Crippen molar-refractivity contribution in [1.82, 2.24) is 5.32 Å². The van der Waals surface area contributed by atoms with Gasteiger partial charge in [0.2, 0.25) is 0 Å². The van der Waals surface area contributed by atoms with Gasteiger partial charge in [-0.3, -0.25) is 0 Å². The van der Waals surface area contributed by atoms with Crippen molar-refractivity contribution in [2.24, 2.45) is 5.73 Å². The van der Waals surface area contributed by atoms with E-state index in [0.717, 1.165) is 12.6 Å². The van der Waals surface area contributed by atoms with Gasteiger partial charge in [0.15, 0.2) is 0 Å². The first kappa shape index (κ1) is 6.05. The highest BCUT2D eigenvalue weighted by molar-refractivity contribution is 4.81. The Hall–Kier alpha value is -0.0800. The van der Waals surface area contributed by atoms with Crippen molar-refractivity contribution in [2.75, 3.05) is 6.54 Å². The second-order valence-electron chi connectivity index (χ2n) is 2.66. The average molecular weight is 114 g/mol. The van der Waals surface area contributed by atoms with E-state index in [-0.39, 0.29) is 0 Å². The van der Waals surface area contributed by atoms with Crippen LogP contribution in [0.2, 0.25) is 0 Å². The number of hydrogen-bond donors (Lipinski definition) is 2. The topological polar surface area (TPSA) is 38.0 Å². The molecule has 8 heavy (non-hydrogen) atoms. The first-order valence-corrected chi connectivity index (χ1v) is 3.28. The summed E-state index contributed by atoms with van der Waals surface area (Å²) in [4.78, 5) is 0. The molecule has 1 aliphatic rings. The first-order chi connectivity index (χ1) is 3.79. The van der Waals surface area contributed by atoms with Crippen LogP contribution in [0, 0.1) is 0 Å². The summed E-state index contributed by atoms with van der Waals surface area (Å²) in [5.74, 6) is 0. The van der Waals surface area contributed by atoms with Crippen molar-refractivity contribution >= 4 is 0 Å². The lowest BCUT2D eigenvalue weighted by Crippen LogP contribution is -2.32. The van der Waals surface area contributed by atoms with Crippen LogP contribution >= 0.6 is 0 Å². The van der Waals surface area contributed by atoms with Crippen LogP contribution in [0.4, 0.5) is 0 Å². The molecule has 48 valence electrons. The molecule has 1 rings (SSSR count). The fourth-order valence-corrected chi connectivity index (χ4v) is 0.640. The van der Waals surface area contributed by atoms with E-state index >= 15 is 0 Å². The highest BCUT2D eigenvalue weighted by Crippen LogP contribution is 2.17. The average Bonchev–Trinajstić information content (AvgIpc) is 2.41. The molecular weight excluding hydrogens is 100 g/mol. The minimum absolute atomic E-state index is 0.315. The molecule has 0 spiro atoms. The van der Waals surface area contributed by atoms with E-state index in [4.69, 9.17) is 5.73 Å². The predicted octanol–water partition coefficient (Wildman–Crippen LogP) is 0.0856. The van der Waals surface area contributed by atoms with Crippen molar-refractivity contribution in [2.45, 2.75) is 31.8 Å². The Balaban J connectivity index is 1.87. The highest BCUT2D eigenvalue weighted by atomic mass is 15.0. The number of nitrogens with two attached hydrogens (primary N) is 1. The summed E-state index contributed by atoms with van der Waals surface area (Å²) in [6.07, 6.45) is 2.71. The maximum absolute atomic E-state index is 5.51. The quantitative estimate of drug-likeness (QED) is 0.545. The third kappa shape index (κ3) is 2.28. The fraction of sp³-hybridized carbons (Fsp3) is 1.00. The normalized spacial score (nSPS) is 23.2. The molecule has 0 unspecified atom stereocenters. The lowest BCUT2D eigenvalue weighted by molar-refractivity contribution is 0.605. The molecule has 0 heterocycles. The lowest BCUT2D eigenvalue weighted by atomic mass is 10.4. The Kier molecular flexibility index (Phi) is 1.86. The minimum Gasteiger partial charge on any atom is -0.327 e. The zero-order chi connectivity index (χ0) is 5.98. The molecule has 0 bridgehead atoms. The Morgan fingerprint density at radius 2 is 2.38 bits per heavy atom. The van der Waals surface area contributed by atoms with Gasteiger partial charge in [0.1, 0.15) is 0 Å². The van der Waals surface area contributed by atoms with E-state index in [1.165, 1.54) is 12.8 Å². The molecule has 1 fully saturated rings. The van der Waals surface area contributed by atoms with Crippen LogP contribution in [0.3, 0.4) is 0 Å². The molecule has 2 nitrogen and oxygen atoms in total. The maximum atomic E-state index is 5.51. The number of rotatable bonds is 3. The zero-order valence-corrected chi connectivity index (χ0v) is 5.35. The highest BCUT2D eigenvalue weighted by Gasteiger charge is 2.19. The predicted molar refractivity (Wildman–Crippen MR) is 34.7 cm³/mol. The van der Waals surface area contributed by atoms with Crippen LogP contribution in [-0.2, 0) is 0 Å². The monoisotopic (exact) mass is 114 g/mol. The maximum Gasteiger partial charge on any atom is 0.0136 e. The second kappa shape index (κ2) is 2.46. The van der Waals surface area contributed by atoms with Crippen LogP contribution < -0.4 is 11.1 Å². The lowest BCUT2D eigenvalue weighted by Gasteiger charge is -2.03. The molecule has 1 aliphatic carbocycles. The van der Waals surface area contributed by atoms with Gasteiger partial charge in [0.05, 0.1) is 0 Å². The van der Waals surface area contributed by atoms with Gasteiger partial charge in [-0.2, -0.15) is 0 Å². The van der Waals surface area contributed by atoms with E-state index in [9.17, 15) is 0 Å². The minimum atomic E-state index is 0.315. The molecule has 0 aliphatic heterocycles. The van der Waals surface area contributed by atoms with E-state index in [1.807, 2.05) is 6.92 Å². The summed E-state index contributed by atoms with van der Waals surface area (Å²) in [5.41, 5.74) is 5.51. The molecule has 0 radical (unpaired) electrons. The summed E-state index contributed by atoms with van der Waals surface area (Å²) < 4.78 is 0. The van der Waals surface area contributed by atoms with Crippen molar-refractivity contribution < 1.29 is 0 Å². The Morgan fingerprint density at radius 3 is 2.75 bits per heavy atom. The molecule has 0 aromatic heterocycles. The van der Waals surface area contributed by atoms with Crippen LogP contribution in [0.15, 0.2) is 0 Å². The van der Waals surface area contributed by atoms with Gasteiger partial charge < -0.3 is 11.1 Å².